The number of carbonyl (C=O) groups is 1. The van der Waals surface area contributed by atoms with Crippen LogP contribution in [0.25, 0.3) is 0 Å². The van der Waals surface area contributed by atoms with E-state index in [-0.39, 0.29) is 18.3 Å². The summed E-state index contributed by atoms with van der Waals surface area (Å²) >= 11 is 7.82. The molecule has 1 atom stereocenters. The van der Waals surface area contributed by atoms with Crippen molar-refractivity contribution in [2.75, 3.05) is 18.4 Å². The fraction of sp³-hybridized carbons (Fsp3) is 0.500. The molecule has 2 aromatic rings. The van der Waals surface area contributed by atoms with Gasteiger partial charge in [0.1, 0.15) is 6.33 Å². The monoisotopic (exact) mass is 429 g/mol. The number of piperidine rings is 1. The Balaban J connectivity index is 0.00000261. The van der Waals surface area contributed by atoms with E-state index in [0.29, 0.717) is 23.3 Å². The number of aryl methyl sites for hydroxylation is 1. The Kier molecular flexibility index (Phi) is 8.41. The molecule has 0 saturated carbocycles. The Labute approximate surface area is 175 Å². The van der Waals surface area contributed by atoms with Gasteiger partial charge < -0.3 is 15.2 Å². The average molecular weight is 430 g/mol. The molecule has 1 amide bonds. The van der Waals surface area contributed by atoms with Crippen LogP contribution in [0.15, 0.2) is 34.6 Å². The van der Waals surface area contributed by atoms with Crippen molar-refractivity contribution >= 4 is 47.4 Å². The van der Waals surface area contributed by atoms with E-state index < -0.39 is 0 Å². The van der Waals surface area contributed by atoms with Crippen molar-refractivity contribution in [3.8, 4) is 0 Å². The standard InChI is InChI=1S/C18H24ClN5OS.ClH/c1-12(13-5-7-20-8-6-13)9-17(25)22-14-3-4-16(15(19)10-14)26-18-23-21-11-24(18)2;/h3-4,10-13,20H,5-9H2,1-2H3,(H,22,25);1H. The molecule has 148 valence electrons. The van der Waals surface area contributed by atoms with Crippen molar-refractivity contribution in [3.05, 3.63) is 29.5 Å². The first-order valence-electron chi connectivity index (χ1n) is 8.85. The zero-order valence-corrected chi connectivity index (χ0v) is 17.8. The minimum Gasteiger partial charge on any atom is -0.326 e. The lowest BCUT2D eigenvalue weighted by atomic mass is 9.84. The minimum atomic E-state index is 0. The average Bonchev–Trinajstić information content (AvgIpc) is 3.03. The maximum atomic E-state index is 12.4. The molecular weight excluding hydrogens is 405 g/mol. The molecule has 0 aliphatic carbocycles. The fourth-order valence-electron chi connectivity index (χ4n) is 3.21. The highest BCUT2D eigenvalue weighted by Crippen LogP contribution is 2.33. The van der Waals surface area contributed by atoms with Gasteiger partial charge in [-0.15, -0.1) is 22.6 Å². The number of hydrogen-bond acceptors (Lipinski definition) is 5. The summed E-state index contributed by atoms with van der Waals surface area (Å²) in [7, 11) is 1.88. The molecule has 6 nitrogen and oxygen atoms in total. The van der Waals surface area contributed by atoms with Gasteiger partial charge in [0, 0.05) is 24.1 Å². The second-order valence-corrected chi connectivity index (χ2v) is 8.20. The van der Waals surface area contributed by atoms with Gasteiger partial charge in [-0.1, -0.05) is 18.5 Å². The van der Waals surface area contributed by atoms with Crippen molar-refractivity contribution in [3.63, 3.8) is 0 Å². The minimum absolute atomic E-state index is 0. The summed E-state index contributed by atoms with van der Waals surface area (Å²) in [6, 6.07) is 5.55. The van der Waals surface area contributed by atoms with Gasteiger partial charge >= 0.3 is 0 Å². The zero-order valence-electron chi connectivity index (χ0n) is 15.4. The third kappa shape index (κ3) is 6.10. The van der Waals surface area contributed by atoms with E-state index in [2.05, 4.69) is 27.8 Å². The lowest BCUT2D eigenvalue weighted by Crippen LogP contribution is -2.32. The van der Waals surface area contributed by atoms with Crippen LogP contribution in [-0.4, -0.2) is 33.8 Å². The smallest absolute Gasteiger partial charge is 0.224 e. The number of hydrogen-bond donors (Lipinski definition) is 2. The normalized spacial score (nSPS) is 15.8. The van der Waals surface area contributed by atoms with Crippen LogP contribution in [0.4, 0.5) is 5.69 Å². The number of benzene rings is 1. The van der Waals surface area contributed by atoms with Gasteiger partial charge in [-0.2, -0.15) is 0 Å². The largest absolute Gasteiger partial charge is 0.326 e. The van der Waals surface area contributed by atoms with Gasteiger partial charge in [-0.25, -0.2) is 0 Å². The molecule has 1 aliphatic rings. The van der Waals surface area contributed by atoms with E-state index in [9.17, 15) is 4.79 Å². The molecule has 1 fully saturated rings. The predicted molar refractivity (Wildman–Crippen MR) is 112 cm³/mol. The first kappa shape index (κ1) is 22.0. The van der Waals surface area contributed by atoms with Crippen LogP contribution in [-0.2, 0) is 11.8 Å². The number of rotatable bonds is 6. The Hall–Kier alpha value is -1.28. The molecule has 0 bridgehead atoms. The SMILES string of the molecule is CC(CC(=O)Nc1ccc(Sc2nncn2C)c(Cl)c1)C1CCNCC1.Cl. The summed E-state index contributed by atoms with van der Waals surface area (Å²) in [6.45, 7) is 4.27. The van der Waals surface area contributed by atoms with E-state index in [4.69, 9.17) is 11.6 Å². The van der Waals surface area contributed by atoms with Gasteiger partial charge in [0.15, 0.2) is 5.16 Å². The van der Waals surface area contributed by atoms with Crippen LogP contribution in [0.5, 0.6) is 0 Å². The Morgan fingerprint density at radius 3 is 2.81 bits per heavy atom. The predicted octanol–water partition coefficient (Wildman–Crippen LogP) is 4.01. The van der Waals surface area contributed by atoms with Crippen molar-refractivity contribution in [1.82, 2.24) is 20.1 Å². The van der Waals surface area contributed by atoms with Gasteiger partial charge in [-0.3, -0.25) is 4.79 Å². The molecule has 9 heteroatoms. The topological polar surface area (TPSA) is 71.8 Å². The lowest BCUT2D eigenvalue weighted by Gasteiger charge is -2.27. The third-order valence-corrected chi connectivity index (χ3v) is 6.34. The molecule has 2 heterocycles. The molecule has 27 heavy (non-hydrogen) atoms. The summed E-state index contributed by atoms with van der Waals surface area (Å²) < 4.78 is 1.83. The third-order valence-electron chi connectivity index (χ3n) is 4.78. The van der Waals surface area contributed by atoms with Gasteiger partial charge in [0.05, 0.1) is 5.02 Å². The number of carbonyl (C=O) groups excluding carboxylic acids is 1. The molecule has 3 rings (SSSR count). The van der Waals surface area contributed by atoms with Gasteiger partial charge in [0.2, 0.25) is 5.91 Å². The second-order valence-electron chi connectivity index (χ2n) is 6.79. The number of amides is 1. The molecule has 2 N–H and O–H groups in total. The quantitative estimate of drug-likeness (QED) is 0.725. The molecular formula is C18H25Cl2N5OS. The number of halogens is 2. The zero-order chi connectivity index (χ0) is 18.5. The molecule has 1 aromatic heterocycles. The van der Waals surface area contributed by atoms with E-state index in [1.165, 1.54) is 11.8 Å². The lowest BCUT2D eigenvalue weighted by molar-refractivity contribution is -0.117. The van der Waals surface area contributed by atoms with Crippen LogP contribution in [0.1, 0.15) is 26.2 Å². The molecule has 1 unspecified atom stereocenters. The summed E-state index contributed by atoms with van der Waals surface area (Å²) in [5.41, 5.74) is 0.722. The second kappa shape index (κ2) is 10.3. The van der Waals surface area contributed by atoms with E-state index >= 15 is 0 Å². The van der Waals surface area contributed by atoms with Crippen molar-refractivity contribution in [1.29, 1.82) is 0 Å². The summed E-state index contributed by atoms with van der Waals surface area (Å²) in [6.07, 6.45) is 4.48. The molecule has 0 radical (unpaired) electrons. The highest BCUT2D eigenvalue weighted by molar-refractivity contribution is 7.99. The van der Waals surface area contributed by atoms with E-state index in [0.717, 1.165) is 41.7 Å². The van der Waals surface area contributed by atoms with Crippen LogP contribution in [0.3, 0.4) is 0 Å². The van der Waals surface area contributed by atoms with Crippen LogP contribution in [0.2, 0.25) is 5.02 Å². The maximum Gasteiger partial charge on any atom is 0.224 e. The molecule has 0 spiro atoms. The van der Waals surface area contributed by atoms with Crippen LogP contribution >= 0.6 is 35.8 Å². The summed E-state index contributed by atoms with van der Waals surface area (Å²) in [5.74, 6) is 1.05. The van der Waals surface area contributed by atoms with Crippen molar-refractivity contribution in [2.24, 2.45) is 18.9 Å². The van der Waals surface area contributed by atoms with Crippen molar-refractivity contribution < 1.29 is 4.79 Å². The number of anilines is 1. The maximum absolute atomic E-state index is 12.4. The fourth-order valence-corrected chi connectivity index (χ4v) is 4.27. The Bertz CT molecular complexity index is 764. The number of nitrogens with one attached hydrogen (secondary N) is 2. The van der Waals surface area contributed by atoms with Crippen molar-refractivity contribution in [2.45, 2.75) is 36.2 Å². The van der Waals surface area contributed by atoms with Crippen LogP contribution < -0.4 is 10.6 Å². The highest BCUT2D eigenvalue weighted by Gasteiger charge is 2.22. The Morgan fingerprint density at radius 1 is 1.44 bits per heavy atom. The van der Waals surface area contributed by atoms with Gasteiger partial charge in [0.25, 0.3) is 0 Å². The molecule has 1 aromatic carbocycles. The summed E-state index contributed by atoms with van der Waals surface area (Å²) in [5, 5.41) is 15.6. The molecule has 1 aliphatic heterocycles. The Morgan fingerprint density at radius 2 is 2.19 bits per heavy atom. The first-order chi connectivity index (χ1) is 12.5. The number of nitrogens with zero attached hydrogens (tertiary/aromatic N) is 3. The van der Waals surface area contributed by atoms with E-state index in [1.807, 2.05) is 23.7 Å². The number of aromatic nitrogens is 3. The summed E-state index contributed by atoms with van der Waals surface area (Å²) in [4.78, 5) is 13.2. The molecule has 1 saturated heterocycles. The van der Waals surface area contributed by atoms with Crippen LogP contribution in [0, 0.1) is 11.8 Å². The van der Waals surface area contributed by atoms with Gasteiger partial charge in [-0.05, 0) is 67.7 Å². The van der Waals surface area contributed by atoms with E-state index in [1.54, 1.807) is 12.4 Å². The first-order valence-corrected chi connectivity index (χ1v) is 10.0. The highest BCUT2D eigenvalue weighted by atomic mass is 35.5.